The van der Waals surface area contributed by atoms with Crippen LogP contribution in [0.1, 0.15) is 11.1 Å². The number of nitrogens with one attached hydrogen (secondary N) is 2. The molecule has 0 heterocycles. The highest BCUT2D eigenvalue weighted by molar-refractivity contribution is 7.80. The molecular weight excluding hydrogens is 295 g/mol. The van der Waals surface area contributed by atoms with Crippen molar-refractivity contribution in [3.63, 3.8) is 0 Å². The predicted molar refractivity (Wildman–Crippen MR) is 87.2 cm³/mol. The minimum absolute atomic E-state index is 0.270. The summed E-state index contributed by atoms with van der Waals surface area (Å²) in [6.07, 6.45) is 0. The van der Waals surface area contributed by atoms with Crippen LogP contribution in [0.2, 0.25) is 5.02 Å². The summed E-state index contributed by atoms with van der Waals surface area (Å²) in [4.78, 5) is 0. The Hall–Kier alpha value is -1.65. The van der Waals surface area contributed by atoms with E-state index in [0.29, 0.717) is 10.1 Å². The fourth-order valence-electron chi connectivity index (χ4n) is 1.82. The Labute approximate surface area is 128 Å². The van der Waals surface area contributed by atoms with Gasteiger partial charge in [0.1, 0.15) is 5.82 Å². The molecule has 2 rings (SSSR count). The number of rotatable bonds is 2. The number of hydrogen-bond acceptors (Lipinski definition) is 1. The Bertz CT molecular complexity index is 638. The lowest BCUT2D eigenvalue weighted by molar-refractivity contribution is 0.627. The minimum atomic E-state index is -0.270. The molecule has 0 aromatic heterocycles. The number of para-hydroxylation sites is 1. The Balaban J connectivity index is 2.13. The fourth-order valence-corrected chi connectivity index (χ4v) is 2.31. The largest absolute Gasteiger partial charge is 0.332 e. The summed E-state index contributed by atoms with van der Waals surface area (Å²) in [5.74, 6) is -0.270. The SMILES string of the molecule is Cc1cc(F)ccc1NC(=S)Nc1c(C)cccc1Cl. The third-order valence-electron chi connectivity index (χ3n) is 2.90. The smallest absolute Gasteiger partial charge is 0.175 e. The molecule has 0 bridgehead atoms. The predicted octanol–water partition coefficient (Wildman–Crippen LogP) is 4.90. The van der Waals surface area contributed by atoms with E-state index in [1.807, 2.05) is 26.0 Å². The van der Waals surface area contributed by atoms with E-state index < -0.39 is 0 Å². The van der Waals surface area contributed by atoms with Gasteiger partial charge in [0.25, 0.3) is 0 Å². The molecule has 2 aromatic rings. The molecule has 0 radical (unpaired) electrons. The van der Waals surface area contributed by atoms with Gasteiger partial charge in [-0.1, -0.05) is 23.7 Å². The number of hydrogen-bond donors (Lipinski definition) is 2. The molecule has 0 aliphatic heterocycles. The quantitative estimate of drug-likeness (QED) is 0.771. The van der Waals surface area contributed by atoms with Crippen LogP contribution in [0, 0.1) is 19.7 Å². The van der Waals surface area contributed by atoms with Crippen molar-refractivity contribution in [2.24, 2.45) is 0 Å². The molecule has 0 aliphatic carbocycles. The van der Waals surface area contributed by atoms with Crippen molar-refractivity contribution >= 4 is 40.3 Å². The highest BCUT2D eigenvalue weighted by atomic mass is 35.5. The van der Waals surface area contributed by atoms with Gasteiger partial charge in [-0.15, -0.1) is 0 Å². The van der Waals surface area contributed by atoms with Crippen LogP contribution >= 0.6 is 23.8 Å². The molecule has 104 valence electrons. The van der Waals surface area contributed by atoms with Crippen LogP contribution < -0.4 is 10.6 Å². The average molecular weight is 309 g/mol. The molecule has 0 saturated heterocycles. The molecule has 0 aliphatic rings. The van der Waals surface area contributed by atoms with E-state index in [1.54, 1.807) is 12.1 Å². The van der Waals surface area contributed by atoms with Gasteiger partial charge >= 0.3 is 0 Å². The Kier molecular flexibility index (Phi) is 4.57. The van der Waals surface area contributed by atoms with Crippen LogP contribution in [-0.2, 0) is 0 Å². The maximum Gasteiger partial charge on any atom is 0.175 e. The molecule has 2 aromatic carbocycles. The summed E-state index contributed by atoms with van der Waals surface area (Å²) in [5.41, 5.74) is 3.31. The third-order valence-corrected chi connectivity index (χ3v) is 3.42. The molecular formula is C15H14ClFN2S. The molecule has 2 nitrogen and oxygen atoms in total. The first-order valence-corrected chi connectivity index (χ1v) is 6.85. The van der Waals surface area contributed by atoms with E-state index in [2.05, 4.69) is 10.6 Å². The third kappa shape index (κ3) is 3.46. The molecule has 0 atom stereocenters. The molecule has 0 amide bonds. The van der Waals surface area contributed by atoms with Gasteiger partial charge in [0.15, 0.2) is 5.11 Å². The lowest BCUT2D eigenvalue weighted by Gasteiger charge is -2.15. The monoisotopic (exact) mass is 308 g/mol. The van der Waals surface area contributed by atoms with Gasteiger partial charge in [-0.3, -0.25) is 0 Å². The van der Waals surface area contributed by atoms with E-state index in [4.69, 9.17) is 23.8 Å². The van der Waals surface area contributed by atoms with Gasteiger partial charge in [-0.05, 0) is 61.5 Å². The molecule has 20 heavy (non-hydrogen) atoms. The summed E-state index contributed by atoms with van der Waals surface area (Å²) >= 11 is 11.4. The second-order valence-corrected chi connectivity index (χ2v) is 5.29. The fraction of sp³-hybridized carbons (Fsp3) is 0.133. The van der Waals surface area contributed by atoms with Crippen molar-refractivity contribution in [2.45, 2.75) is 13.8 Å². The van der Waals surface area contributed by atoms with Crippen molar-refractivity contribution in [1.82, 2.24) is 0 Å². The van der Waals surface area contributed by atoms with Crippen LogP contribution in [0.25, 0.3) is 0 Å². The van der Waals surface area contributed by atoms with Crippen LogP contribution in [0.15, 0.2) is 36.4 Å². The molecule has 0 saturated carbocycles. The summed E-state index contributed by atoms with van der Waals surface area (Å²) in [6, 6.07) is 10.1. The van der Waals surface area contributed by atoms with Gasteiger partial charge in [-0.25, -0.2) is 4.39 Å². The van der Waals surface area contributed by atoms with Gasteiger partial charge in [-0.2, -0.15) is 0 Å². The Morgan fingerprint density at radius 3 is 2.50 bits per heavy atom. The van der Waals surface area contributed by atoms with E-state index in [0.717, 1.165) is 22.5 Å². The first-order chi connectivity index (χ1) is 9.47. The molecule has 0 fully saturated rings. The number of aryl methyl sites for hydroxylation is 2. The molecule has 0 unspecified atom stereocenters. The van der Waals surface area contributed by atoms with Gasteiger partial charge in [0, 0.05) is 5.69 Å². The van der Waals surface area contributed by atoms with Crippen molar-refractivity contribution in [1.29, 1.82) is 0 Å². The molecule has 0 spiro atoms. The van der Waals surface area contributed by atoms with Crippen molar-refractivity contribution in [3.8, 4) is 0 Å². The van der Waals surface area contributed by atoms with Crippen LogP contribution in [-0.4, -0.2) is 5.11 Å². The lowest BCUT2D eigenvalue weighted by atomic mass is 10.2. The number of halogens is 2. The zero-order valence-electron chi connectivity index (χ0n) is 11.1. The highest BCUT2D eigenvalue weighted by Crippen LogP contribution is 2.25. The second kappa shape index (κ2) is 6.20. The maximum absolute atomic E-state index is 13.0. The van der Waals surface area contributed by atoms with Gasteiger partial charge in [0.05, 0.1) is 10.7 Å². The van der Waals surface area contributed by atoms with Gasteiger partial charge < -0.3 is 10.6 Å². The van der Waals surface area contributed by atoms with E-state index in [-0.39, 0.29) is 5.82 Å². The van der Waals surface area contributed by atoms with Crippen LogP contribution in [0.5, 0.6) is 0 Å². The van der Waals surface area contributed by atoms with E-state index in [1.165, 1.54) is 12.1 Å². The van der Waals surface area contributed by atoms with E-state index >= 15 is 0 Å². The standard InChI is InChI=1S/C15H14ClFN2S/c1-9-4-3-5-12(16)14(9)19-15(20)18-13-7-6-11(17)8-10(13)2/h3-8H,1-2H3,(H2,18,19,20). The molecule has 2 N–H and O–H groups in total. The number of benzene rings is 2. The van der Waals surface area contributed by atoms with Gasteiger partial charge in [0.2, 0.25) is 0 Å². The molecule has 5 heteroatoms. The maximum atomic E-state index is 13.0. The zero-order valence-corrected chi connectivity index (χ0v) is 12.7. The first-order valence-electron chi connectivity index (χ1n) is 6.06. The Morgan fingerprint density at radius 2 is 1.85 bits per heavy atom. The topological polar surface area (TPSA) is 24.1 Å². The summed E-state index contributed by atoms with van der Waals surface area (Å²) in [7, 11) is 0. The second-order valence-electron chi connectivity index (χ2n) is 4.47. The average Bonchev–Trinajstić information content (AvgIpc) is 2.37. The highest BCUT2D eigenvalue weighted by Gasteiger charge is 2.07. The number of thiocarbonyl (C=S) groups is 1. The van der Waals surface area contributed by atoms with Crippen molar-refractivity contribution in [3.05, 3.63) is 58.4 Å². The zero-order chi connectivity index (χ0) is 14.7. The van der Waals surface area contributed by atoms with Crippen molar-refractivity contribution < 1.29 is 4.39 Å². The summed E-state index contributed by atoms with van der Waals surface area (Å²) in [5, 5.41) is 7.11. The normalized spacial score (nSPS) is 10.2. The van der Waals surface area contributed by atoms with Crippen molar-refractivity contribution in [2.75, 3.05) is 10.6 Å². The minimum Gasteiger partial charge on any atom is -0.332 e. The number of anilines is 2. The van der Waals surface area contributed by atoms with Crippen LogP contribution in [0.4, 0.5) is 15.8 Å². The van der Waals surface area contributed by atoms with E-state index in [9.17, 15) is 4.39 Å². The lowest BCUT2D eigenvalue weighted by Crippen LogP contribution is -2.20. The Morgan fingerprint density at radius 1 is 1.10 bits per heavy atom. The summed E-state index contributed by atoms with van der Waals surface area (Å²) < 4.78 is 13.0. The first kappa shape index (κ1) is 14.8. The van der Waals surface area contributed by atoms with Crippen LogP contribution in [0.3, 0.4) is 0 Å². The summed E-state index contributed by atoms with van der Waals surface area (Å²) in [6.45, 7) is 3.76.